The number of hydrazone groups is 1. The molecule has 0 aliphatic rings. The molecular weight excluding hydrogens is 452 g/mol. The van der Waals surface area contributed by atoms with Crippen LogP contribution >= 0.6 is 0 Å². The fourth-order valence-corrected chi connectivity index (χ4v) is 2.77. The van der Waals surface area contributed by atoms with Crippen LogP contribution in [-0.4, -0.2) is 38.2 Å². The molecule has 0 atom stereocenters. The molecule has 35 heavy (non-hydrogen) atoms. The highest BCUT2D eigenvalue weighted by atomic mass is 16.6. The second-order valence-corrected chi connectivity index (χ2v) is 6.87. The Morgan fingerprint density at radius 1 is 0.886 bits per heavy atom. The molecule has 176 valence electrons. The molecule has 0 radical (unpaired) electrons. The molecule has 10 nitrogen and oxygen atoms in total. The zero-order valence-electron chi connectivity index (χ0n) is 18.8. The number of amides is 2. The van der Waals surface area contributed by atoms with Gasteiger partial charge >= 0.3 is 17.8 Å². The van der Waals surface area contributed by atoms with E-state index in [9.17, 15) is 14.4 Å². The Bertz CT molecular complexity index is 1300. The molecule has 2 amide bonds. The molecule has 0 aliphatic carbocycles. The maximum absolute atomic E-state index is 12.4. The number of carbonyl (C=O) groups excluding carboxylic acids is 3. The Balaban J connectivity index is 1.59. The molecule has 0 fully saturated rings. The van der Waals surface area contributed by atoms with Gasteiger partial charge in [-0.25, -0.2) is 10.2 Å². The summed E-state index contributed by atoms with van der Waals surface area (Å²) in [5, 5.41) is 14.9. The molecule has 3 aromatic carbocycles. The number of nitrogens with zero attached hydrogens (tertiary/aromatic N) is 2. The lowest BCUT2D eigenvalue weighted by Crippen LogP contribution is -2.32. The Morgan fingerprint density at radius 2 is 1.60 bits per heavy atom. The van der Waals surface area contributed by atoms with Crippen LogP contribution in [0, 0.1) is 11.3 Å². The Morgan fingerprint density at radius 3 is 2.23 bits per heavy atom. The van der Waals surface area contributed by atoms with E-state index in [1.807, 2.05) is 6.07 Å². The van der Waals surface area contributed by atoms with Gasteiger partial charge in [0.15, 0.2) is 11.5 Å². The van der Waals surface area contributed by atoms with Crippen LogP contribution in [-0.2, 0) is 9.59 Å². The number of carbonyl (C=O) groups is 3. The van der Waals surface area contributed by atoms with Crippen molar-refractivity contribution >= 4 is 29.7 Å². The molecule has 0 saturated heterocycles. The van der Waals surface area contributed by atoms with Crippen LogP contribution in [0.2, 0.25) is 0 Å². The van der Waals surface area contributed by atoms with Crippen molar-refractivity contribution in [2.24, 2.45) is 5.10 Å². The van der Waals surface area contributed by atoms with E-state index in [0.717, 1.165) is 0 Å². The topological polar surface area (TPSA) is 139 Å². The first-order valence-corrected chi connectivity index (χ1v) is 10.1. The third kappa shape index (κ3) is 6.66. The minimum Gasteiger partial charge on any atom is -0.497 e. The molecule has 3 rings (SSSR count). The first-order valence-electron chi connectivity index (χ1n) is 10.1. The number of ether oxygens (including phenoxy) is 3. The molecule has 3 aromatic rings. The Hall–Kier alpha value is -5.17. The number of nitriles is 1. The van der Waals surface area contributed by atoms with Crippen LogP contribution in [0.15, 0.2) is 71.8 Å². The largest absolute Gasteiger partial charge is 0.497 e. The molecule has 0 saturated carbocycles. The highest BCUT2D eigenvalue weighted by molar-refractivity contribution is 6.39. The monoisotopic (exact) mass is 472 g/mol. The molecule has 2 N–H and O–H groups in total. The lowest BCUT2D eigenvalue weighted by Gasteiger charge is -2.10. The summed E-state index contributed by atoms with van der Waals surface area (Å²) in [6.45, 7) is 0. The van der Waals surface area contributed by atoms with Crippen molar-refractivity contribution in [2.45, 2.75) is 0 Å². The molecular formula is C25H20N4O6. The minimum atomic E-state index is -0.984. The SMILES string of the molecule is COc1ccc(C(=O)Oc2ccc(/C=N/NC(=O)C(=O)Nc3ccc(C#N)cc3)cc2OC)cc1. The van der Waals surface area contributed by atoms with E-state index in [2.05, 4.69) is 15.8 Å². The van der Waals surface area contributed by atoms with Gasteiger partial charge in [-0.3, -0.25) is 9.59 Å². The van der Waals surface area contributed by atoms with Crippen LogP contribution in [0.25, 0.3) is 0 Å². The Labute approximate surface area is 200 Å². The predicted molar refractivity (Wildman–Crippen MR) is 126 cm³/mol. The van der Waals surface area contributed by atoms with Crippen molar-refractivity contribution in [1.29, 1.82) is 5.26 Å². The maximum Gasteiger partial charge on any atom is 0.343 e. The molecule has 0 bridgehead atoms. The van der Waals surface area contributed by atoms with Crippen molar-refractivity contribution in [3.05, 3.63) is 83.4 Å². The summed E-state index contributed by atoms with van der Waals surface area (Å²) in [5.74, 6) is -1.42. The molecule has 0 unspecified atom stereocenters. The van der Waals surface area contributed by atoms with Gasteiger partial charge in [-0.2, -0.15) is 10.4 Å². The van der Waals surface area contributed by atoms with E-state index in [-0.39, 0.29) is 11.5 Å². The van der Waals surface area contributed by atoms with Gasteiger partial charge in [0.05, 0.1) is 37.6 Å². The van der Waals surface area contributed by atoms with Crippen LogP contribution in [0.3, 0.4) is 0 Å². The van der Waals surface area contributed by atoms with E-state index >= 15 is 0 Å². The van der Waals surface area contributed by atoms with Gasteiger partial charge in [-0.15, -0.1) is 0 Å². The number of rotatable bonds is 7. The summed E-state index contributed by atoms with van der Waals surface area (Å²) >= 11 is 0. The fraction of sp³-hybridized carbons (Fsp3) is 0.0800. The fourth-order valence-electron chi connectivity index (χ4n) is 2.77. The van der Waals surface area contributed by atoms with Crippen molar-refractivity contribution < 1.29 is 28.6 Å². The third-order valence-corrected chi connectivity index (χ3v) is 4.57. The average Bonchev–Trinajstić information content (AvgIpc) is 2.89. The van der Waals surface area contributed by atoms with Crippen LogP contribution in [0.5, 0.6) is 17.2 Å². The number of benzene rings is 3. The van der Waals surface area contributed by atoms with E-state index in [4.69, 9.17) is 19.5 Å². The predicted octanol–water partition coefficient (Wildman–Crippen LogP) is 2.88. The number of hydrogen-bond donors (Lipinski definition) is 2. The normalized spacial score (nSPS) is 10.2. The van der Waals surface area contributed by atoms with Crippen LogP contribution in [0.4, 0.5) is 5.69 Å². The second-order valence-electron chi connectivity index (χ2n) is 6.87. The summed E-state index contributed by atoms with van der Waals surface area (Å²) in [5.41, 5.74) is 3.75. The lowest BCUT2D eigenvalue weighted by atomic mass is 10.2. The standard InChI is InChI=1S/C25H20N4O6/c1-33-20-10-6-18(7-11-20)25(32)35-21-12-5-17(13-22(21)34-2)15-27-29-24(31)23(30)28-19-8-3-16(14-26)4-9-19/h3-13,15H,1-2H3,(H,28,30)(H,29,31)/b27-15+. The molecule has 0 aliphatic heterocycles. The van der Waals surface area contributed by atoms with Gasteiger partial charge in [-0.05, 0) is 72.3 Å². The smallest absolute Gasteiger partial charge is 0.343 e. The quantitative estimate of drug-likeness (QED) is 0.177. The van der Waals surface area contributed by atoms with Gasteiger partial charge < -0.3 is 19.5 Å². The lowest BCUT2D eigenvalue weighted by molar-refractivity contribution is -0.136. The molecule has 0 aromatic heterocycles. The number of nitrogens with one attached hydrogen (secondary N) is 2. The van der Waals surface area contributed by atoms with Gasteiger partial charge in [-0.1, -0.05) is 0 Å². The average molecular weight is 472 g/mol. The zero-order chi connectivity index (χ0) is 25.2. The number of esters is 1. The molecule has 0 spiro atoms. The summed E-state index contributed by atoms with van der Waals surface area (Å²) in [4.78, 5) is 36.3. The van der Waals surface area contributed by atoms with Crippen molar-refractivity contribution in [3.63, 3.8) is 0 Å². The van der Waals surface area contributed by atoms with E-state index in [0.29, 0.717) is 28.1 Å². The van der Waals surface area contributed by atoms with E-state index < -0.39 is 17.8 Å². The Kier molecular flexibility index (Phi) is 8.13. The van der Waals surface area contributed by atoms with Crippen molar-refractivity contribution in [2.75, 3.05) is 19.5 Å². The van der Waals surface area contributed by atoms with Gasteiger partial charge in [0.1, 0.15) is 5.75 Å². The summed E-state index contributed by atoms with van der Waals surface area (Å²) < 4.78 is 15.8. The highest BCUT2D eigenvalue weighted by Gasteiger charge is 2.14. The number of hydrogen-bond acceptors (Lipinski definition) is 8. The van der Waals surface area contributed by atoms with E-state index in [1.54, 1.807) is 36.4 Å². The zero-order valence-corrected chi connectivity index (χ0v) is 18.8. The summed E-state index contributed by atoms with van der Waals surface area (Å²) in [6, 6.07) is 19.1. The second kappa shape index (κ2) is 11.6. The van der Waals surface area contributed by atoms with Gasteiger partial charge in [0.25, 0.3) is 0 Å². The van der Waals surface area contributed by atoms with Gasteiger partial charge in [0.2, 0.25) is 0 Å². The highest BCUT2D eigenvalue weighted by Crippen LogP contribution is 2.28. The molecule has 10 heteroatoms. The first kappa shape index (κ1) is 24.5. The number of methoxy groups -OCH3 is 2. The first-order chi connectivity index (χ1) is 16.9. The number of anilines is 1. The van der Waals surface area contributed by atoms with Gasteiger partial charge in [0, 0.05) is 5.69 Å². The minimum absolute atomic E-state index is 0.191. The molecule has 0 heterocycles. The maximum atomic E-state index is 12.4. The van der Waals surface area contributed by atoms with Crippen molar-refractivity contribution in [1.82, 2.24) is 5.43 Å². The summed E-state index contributed by atoms with van der Waals surface area (Å²) in [7, 11) is 2.94. The van der Waals surface area contributed by atoms with Crippen LogP contribution in [0.1, 0.15) is 21.5 Å². The van der Waals surface area contributed by atoms with Crippen LogP contribution < -0.4 is 25.0 Å². The summed E-state index contributed by atoms with van der Waals surface area (Å²) in [6.07, 6.45) is 1.30. The van der Waals surface area contributed by atoms with E-state index in [1.165, 1.54) is 50.8 Å². The third-order valence-electron chi connectivity index (χ3n) is 4.57. The van der Waals surface area contributed by atoms with Crippen molar-refractivity contribution in [3.8, 4) is 23.3 Å².